The Kier molecular flexibility index (Phi) is 2.48. The minimum Gasteiger partial charge on any atom is -0.710 e. The van der Waals surface area contributed by atoms with Gasteiger partial charge < -0.3 is 5.21 Å². The molecule has 0 radical (unpaired) electrons. The molecule has 0 aromatic carbocycles. The SMILES string of the molecule is CSc1nc(C)c2c(C)cc[n+]([O-])c2n1. The van der Waals surface area contributed by atoms with Gasteiger partial charge >= 0.3 is 10.8 Å². The van der Waals surface area contributed by atoms with Crippen molar-refractivity contribution in [1.29, 1.82) is 0 Å². The molecular weight excluding hydrogens is 210 g/mol. The van der Waals surface area contributed by atoms with E-state index in [1.807, 2.05) is 20.1 Å². The van der Waals surface area contributed by atoms with Crippen LogP contribution in [0, 0.1) is 19.1 Å². The lowest BCUT2D eigenvalue weighted by molar-refractivity contribution is -0.579. The molecule has 0 amide bonds. The average Bonchev–Trinajstić information content (AvgIpc) is 2.23. The first kappa shape index (κ1) is 10.2. The number of thioether (sulfide) groups is 1. The Balaban J connectivity index is 2.90. The van der Waals surface area contributed by atoms with E-state index in [1.54, 1.807) is 6.07 Å². The van der Waals surface area contributed by atoms with Crippen molar-refractivity contribution in [3.05, 3.63) is 28.7 Å². The number of aryl methyl sites for hydroxylation is 2. The summed E-state index contributed by atoms with van der Waals surface area (Å²) in [5.74, 6) is 0. The van der Waals surface area contributed by atoms with Crippen LogP contribution in [0.4, 0.5) is 0 Å². The van der Waals surface area contributed by atoms with E-state index in [9.17, 15) is 5.21 Å². The molecule has 0 saturated carbocycles. The van der Waals surface area contributed by atoms with Gasteiger partial charge in [-0.05, 0) is 36.7 Å². The number of pyridine rings is 1. The van der Waals surface area contributed by atoms with Gasteiger partial charge in [0.25, 0.3) is 0 Å². The van der Waals surface area contributed by atoms with Gasteiger partial charge in [-0.2, -0.15) is 0 Å². The van der Waals surface area contributed by atoms with Gasteiger partial charge in [-0.3, -0.25) is 0 Å². The highest BCUT2D eigenvalue weighted by atomic mass is 32.2. The molecule has 0 atom stereocenters. The average molecular weight is 221 g/mol. The predicted octanol–water partition coefficient (Wildman–Crippen LogP) is 1.60. The van der Waals surface area contributed by atoms with Gasteiger partial charge in [0.1, 0.15) is 0 Å². The summed E-state index contributed by atoms with van der Waals surface area (Å²) in [6, 6.07) is 1.78. The zero-order valence-corrected chi connectivity index (χ0v) is 9.63. The fourth-order valence-corrected chi connectivity index (χ4v) is 1.98. The van der Waals surface area contributed by atoms with Crippen molar-refractivity contribution in [1.82, 2.24) is 9.97 Å². The maximum Gasteiger partial charge on any atom is 0.338 e. The van der Waals surface area contributed by atoms with Crippen LogP contribution in [0.15, 0.2) is 17.4 Å². The Morgan fingerprint density at radius 2 is 2.07 bits per heavy atom. The van der Waals surface area contributed by atoms with Crippen LogP contribution in [-0.4, -0.2) is 16.2 Å². The molecule has 0 unspecified atom stereocenters. The summed E-state index contributed by atoms with van der Waals surface area (Å²) in [7, 11) is 0. The zero-order valence-electron chi connectivity index (χ0n) is 8.81. The summed E-state index contributed by atoms with van der Waals surface area (Å²) in [6.07, 6.45) is 3.37. The Morgan fingerprint density at radius 1 is 1.33 bits per heavy atom. The van der Waals surface area contributed by atoms with Gasteiger partial charge in [-0.1, -0.05) is 11.8 Å². The van der Waals surface area contributed by atoms with E-state index < -0.39 is 0 Å². The van der Waals surface area contributed by atoms with Crippen molar-refractivity contribution in [3.8, 4) is 0 Å². The Morgan fingerprint density at radius 3 is 2.73 bits per heavy atom. The molecule has 2 aromatic heterocycles. The zero-order chi connectivity index (χ0) is 11.0. The third-order valence-electron chi connectivity index (χ3n) is 2.30. The first-order chi connectivity index (χ1) is 7.13. The van der Waals surface area contributed by atoms with Crippen LogP contribution in [0.5, 0.6) is 0 Å². The van der Waals surface area contributed by atoms with Crippen LogP contribution in [0.2, 0.25) is 0 Å². The largest absolute Gasteiger partial charge is 0.710 e. The molecule has 0 N–H and O–H groups in total. The summed E-state index contributed by atoms with van der Waals surface area (Å²) in [4.78, 5) is 8.54. The molecule has 2 rings (SSSR count). The number of hydrogen-bond donors (Lipinski definition) is 0. The summed E-state index contributed by atoms with van der Waals surface area (Å²) in [5, 5.41) is 13.1. The smallest absolute Gasteiger partial charge is 0.338 e. The van der Waals surface area contributed by atoms with E-state index in [1.165, 1.54) is 18.0 Å². The molecule has 0 fully saturated rings. The fraction of sp³-hybridized carbons (Fsp3) is 0.300. The van der Waals surface area contributed by atoms with Gasteiger partial charge in [0.2, 0.25) is 0 Å². The second-order valence-corrected chi connectivity index (χ2v) is 4.09. The van der Waals surface area contributed by atoms with Crippen molar-refractivity contribution in [2.24, 2.45) is 0 Å². The molecule has 2 heterocycles. The van der Waals surface area contributed by atoms with E-state index in [0.29, 0.717) is 10.8 Å². The van der Waals surface area contributed by atoms with Gasteiger partial charge in [0, 0.05) is 0 Å². The second-order valence-electron chi connectivity index (χ2n) is 3.32. The molecule has 0 bridgehead atoms. The first-order valence-corrected chi connectivity index (χ1v) is 5.77. The van der Waals surface area contributed by atoms with Crippen molar-refractivity contribution in [2.45, 2.75) is 19.0 Å². The lowest BCUT2D eigenvalue weighted by Gasteiger charge is -2.07. The van der Waals surface area contributed by atoms with E-state index >= 15 is 0 Å². The third kappa shape index (κ3) is 1.63. The highest BCUT2D eigenvalue weighted by Gasteiger charge is 2.15. The van der Waals surface area contributed by atoms with Gasteiger partial charge in [0.15, 0.2) is 0 Å². The number of aromatic nitrogens is 3. The number of nitrogens with zero attached hydrogens (tertiary/aromatic N) is 3. The molecule has 5 heteroatoms. The Bertz CT molecular complexity index is 528. The molecule has 0 aliphatic heterocycles. The monoisotopic (exact) mass is 221 g/mol. The Labute approximate surface area is 91.9 Å². The number of fused-ring (bicyclic) bond motifs is 1. The van der Waals surface area contributed by atoms with Gasteiger partial charge in [-0.25, -0.2) is 9.71 Å². The van der Waals surface area contributed by atoms with Crippen LogP contribution in [0.25, 0.3) is 11.0 Å². The van der Waals surface area contributed by atoms with Crippen LogP contribution in [0.3, 0.4) is 0 Å². The summed E-state index contributed by atoms with van der Waals surface area (Å²) >= 11 is 1.44. The lowest BCUT2D eigenvalue weighted by atomic mass is 10.1. The quantitative estimate of drug-likeness (QED) is 0.318. The van der Waals surface area contributed by atoms with Crippen molar-refractivity contribution in [3.63, 3.8) is 0 Å². The maximum atomic E-state index is 11.6. The second kappa shape index (κ2) is 3.66. The molecular formula is C10H11N3OS. The minimum absolute atomic E-state index is 0.451. The van der Waals surface area contributed by atoms with E-state index in [0.717, 1.165) is 21.4 Å². The Hall–Kier alpha value is -1.36. The molecule has 2 aromatic rings. The van der Waals surface area contributed by atoms with Gasteiger partial charge in [-0.15, -0.1) is 0 Å². The van der Waals surface area contributed by atoms with Crippen LogP contribution in [-0.2, 0) is 0 Å². The highest BCUT2D eigenvalue weighted by Crippen LogP contribution is 2.19. The predicted molar refractivity (Wildman–Crippen MR) is 59.8 cm³/mol. The standard InChI is InChI=1S/C10H11N3OS/c1-6-4-5-13(14)9-8(6)7(2)11-10(12-9)15-3/h4-5H,1-3H3. The lowest BCUT2D eigenvalue weighted by Crippen LogP contribution is -2.28. The van der Waals surface area contributed by atoms with Crippen LogP contribution >= 0.6 is 11.8 Å². The summed E-state index contributed by atoms with van der Waals surface area (Å²) < 4.78 is 0.788. The molecule has 15 heavy (non-hydrogen) atoms. The summed E-state index contributed by atoms with van der Waals surface area (Å²) in [5.41, 5.74) is 2.33. The molecule has 4 nitrogen and oxygen atoms in total. The van der Waals surface area contributed by atoms with E-state index in [2.05, 4.69) is 9.97 Å². The van der Waals surface area contributed by atoms with E-state index in [-0.39, 0.29) is 0 Å². The van der Waals surface area contributed by atoms with Crippen LogP contribution in [0.1, 0.15) is 11.3 Å². The third-order valence-corrected chi connectivity index (χ3v) is 2.84. The van der Waals surface area contributed by atoms with Gasteiger partial charge in [0.05, 0.1) is 17.3 Å². The van der Waals surface area contributed by atoms with Crippen molar-refractivity contribution >= 4 is 22.8 Å². The number of rotatable bonds is 1. The fourth-order valence-electron chi connectivity index (χ4n) is 1.58. The molecule has 78 valence electrons. The topological polar surface area (TPSA) is 52.7 Å². The molecule has 0 aliphatic carbocycles. The van der Waals surface area contributed by atoms with Crippen molar-refractivity contribution < 1.29 is 4.73 Å². The summed E-state index contributed by atoms with van der Waals surface area (Å²) in [6.45, 7) is 3.86. The normalized spacial score (nSPS) is 10.9. The maximum absolute atomic E-state index is 11.6. The molecule has 0 saturated heterocycles. The number of hydrogen-bond acceptors (Lipinski definition) is 4. The van der Waals surface area contributed by atoms with Crippen LogP contribution < -0.4 is 4.73 Å². The van der Waals surface area contributed by atoms with E-state index in [4.69, 9.17) is 0 Å². The van der Waals surface area contributed by atoms with Crippen molar-refractivity contribution in [2.75, 3.05) is 6.26 Å². The minimum atomic E-state index is 0.451. The molecule has 0 aliphatic rings. The first-order valence-electron chi connectivity index (χ1n) is 4.54. The molecule has 0 spiro atoms. The highest BCUT2D eigenvalue weighted by molar-refractivity contribution is 7.98.